The van der Waals surface area contributed by atoms with Crippen LogP contribution >= 0.6 is 27.5 Å². The minimum Gasteiger partial charge on any atom is -0.352 e. The maximum Gasteiger partial charge on any atom is 0.264 e. The third-order valence-corrected chi connectivity index (χ3v) is 9.51. The molecule has 0 radical (unpaired) electrons. The normalized spacial score (nSPS) is 12.0. The summed E-state index contributed by atoms with van der Waals surface area (Å²) < 4.78 is 30.1. The molecule has 4 aromatic rings. The van der Waals surface area contributed by atoms with Crippen molar-refractivity contribution in [2.45, 2.75) is 50.7 Å². The third-order valence-electron chi connectivity index (χ3n) is 6.94. The van der Waals surface area contributed by atoms with E-state index in [9.17, 15) is 18.0 Å². The number of sulfonamides is 1. The van der Waals surface area contributed by atoms with Gasteiger partial charge in [0, 0.05) is 28.5 Å². The molecule has 0 fully saturated rings. The van der Waals surface area contributed by atoms with Gasteiger partial charge < -0.3 is 10.2 Å². The van der Waals surface area contributed by atoms with Gasteiger partial charge in [-0.15, -0.1) is 0 Å². The Hall–Kier alpha value is -3.66. The molecule has 0 aliphatic rings. The number of rotatable bonds is 12. The van der Waals surface area contributed by atoms with Crippen molar-refractivity contribution in [3.05, 3.63) is 129 Å². The fourth-order valence-corrected chi connectivity index (χ4v) is 6.56. The van der Waals surface area contributed by atoms with Crippen LogP contribution in [0.5, 0.6) is 0 Å². The Balaban J connectivity index is 1.80. The molecule has 0 aliphatic heterocycles. The van der Waals surface area contributed by atoms with E-state index in [-0.39, 0.29) is 29.8 Å². The molecule has 1 atom stereocenters. The average Bonchev–Trinajstić information content (AvgIpc) is 2.98. The van der Waals surface area contributed by atoms with Crippen LogP contribution < -0.4 is 9.62 Å². The van der Waals surface area contributed by atoms with Crippen molar-refractivity contribution >= 4 is 55.1 Å². The Morgan fingerprint density at radius 3 is 2.14 bits per heavy atom. The maximum absolute atomic E-state index is 14.4. The lowest BCUT2D eigenvalue weighted by Crippen LogP contribution is -2.54. The quantitative estimate of drug-likeness (QED) is 0.177. The Labute approximate surface area is 273 Å². The van der Waals surface area contributed by atoms with Gasteiger partial charge in [-0.05, 0) is 86.0 Å². The molecule has 0 spiro atoms. The molecule has 0 bridgehead atoms. The van der Waals surface area contributed by atoms with Gasteiger partial charge in [-0.2, -0.15) is 0 Å². The molecule has 10 heteroatoms. The Morgan fingerprint density at radius 1 is 0.864 bits per heavy atom. The van der Waals surface area contributed by atoms with Gasteiger partial charge in [0.15, 0.2) is 0 Å². The second-order valence-electron chi connectivity index (χ2n) is 10.8. The molecule has 2 amide bonds. The molecule has 0 saturated heterocycles. The molecule has 1 N–H and O–H groups in total. The van der Waals surface area contributed by atoms with E-state index in [1.807, 2.05) is 81.4 Å². The monoisotopic (exact) mass is 695 g/mol. The van der Waals surface area contributed by atoms with Gasteiger partial charge in [0.05, 0.1) is 10.6 Å². The summed E-state index contributed by atoms with van der Waals surface area (Å²) in [6, 6.07) is 28.6. The summed E-state index contributed by atoms with van der Waals surface area (Å²) in [5.41, 5.74) is 2.83. The van der Waals surface area contributed by atoms with E-state index in [0.717, 1.165) is 25.5 Å². The van der Waals surface area contributed by atoms with Crippen LogP contribution in [-0.4, -0.2) is 43.8 Å². The largest absolute Gasteiger partial charge is 0.352 e. The molecular weight excluding hydrogens is 662 g/mol. The van der Waals surface area contributed by atoms with Crippen molar-refractivity contribution in [1.29, 1.82) is 0 Å². The Bertz CT molecular complexity index is 1680. The number of hydrogen-bond donors (Lipinski definition) is 1. The van der Waals surface area contributed by atoms with E-state index in [1.165, 1.54) is 29.2 Å². The zero-order valence-electron chi connectivity index (χ0n) is 24.8. The molecule has 0 aromatic heterocycles. The highest BCUT2D eigenvalue weighted by Gasteiger charge is 2.34. The summed E-state index contributed by atoms with van der Waals surface area (Å²) in [5.74, 6) is -0.844. The SMILES string of the molecule is Cc1cccc(N(CC(=O)N(Cc2ccc(Br)cc2)C(Cc2ccccc2)C(=O)NC(C)C)S(=O)(=O)c2ccc(Cl)cc2)c1. The predicted octanol–water partition coefficient (Wildman–Crippen LogP) is 6.77. The van der Waals surface area contributed by atoms with Gasteiger partial charge in [0.1, 0.15) is 12.6 Å². The smallest absolute Gasteiger partial charge is 0.264 e. The van der Waals surface area contributed by atoms with Gasteiger partial charge in [0.2, 0.25) is 11.8 Å². The van der Waals surface area contributed by atoms with Crippen LogP contribution in [0, 0.1) is 6.92 Å². The van der Waals surface area contributed by atoms with Crippen molar-refractivity contribution in [3.63, 3.8) is 0 Å². The standard InChI is InChI=1S/C34H35BrClN3O4S/c1-24(2)37-34(41)32(21-26-9-5-4-6-10-26)38(22-27-12-14-28(35)15-13-27)33(40)23-39(30-11-7-8-25(3)20-30)44(42,43)31-18-16-29(36)17-19-31/h4-20,24,32H,21-23H2,1-3H3,(H,37,41). The number of aryl methyl sites for hydroxylation is 1. The average molecular weight is 697 g/mol. The fraction of sp³-hybridized carbons (Fsp3) is 0.235. The first kappa shape index (κ1) is 33.2. The molecular formula is C34H35BrClN3O4S. The molecule has 7 nitrogen and oxygen atoms in total. The van der Waals surface area contributed by atoms with Crippen LogP contribution in [-0.2, 0) is 32.6 Å². The lowest BCUT2D eigenvalue weighted by atomic mass is 10.0. The molecule has 44 heavy (non-hydrogen) atoms. The van der Waals surface area contributed by atoms with Crippen LogP contribution in [0.15, 0.2) is 112 Å². The number of nitrogens with one attached hydrogen (secondary N) is 1. The summed E-state index contributed by atoms with van der Waals surface area (Å²) in [6.45, 7) is 5.14. The number of carbonyl (C=O) groups excluding carboxylic acids is 2. The van der Waals surface area contributed by atoms with Gasteiger partial charge in [-0.3, -0.25) is 13.9 Å². The summed E-state index contributed by atoms with van der Waals surface area (Å²) in [5, 5.41) is 3.35. The highest BCUT2D eigenvalue weighted by atomic mass is 79.9. The minimum absolute atomic E-state index is 0.00551. The number of nitrogens with zero attached hydrogens (tertiary/aromatic N) is 2. The Morgan fingerprint density at radius 2 is 1.52 bits per heavy atom. The van der Waals surface area contributed by atoms with Crippen molar-refractivity contribution < 1.29 is 18.0 Å². The first-order valence-corrected chi connectivity index (χ1v) is 16.8. The highest BCUT2D eigenvalue weighted by Crippen LogP contribution is 2.27. The molecule has 1 unspecified atom stereocenters. The number of benzene rings is 4. The number of amides is 2. The second-order valence-corrected chi connectivity index (χ2v) is 14.0. The summed E-state index contributed by atoms with van der Waals surface area (Å²) in [7, 11) is -4.20. The van der Waals surface area contributed by atoms with Crippen LogP contribution in [0.25, 0.3) is 0 Å². The number of carbonyl (C=O) groups is 2. The molecule has 0 aliphatic carbocycles. The van der Waals surface area contributed by atoms with Crippen LogP contribution in [0.2, 0.25) is 5.02 Å². The van der Waals surface area contributed by atoms with Gasteiger partial charge in [-0.25, -0.2) is 8.42 Å². The summed E-state index contributed by atoms with van der Waals surface area (Å²) >= 11 is 9.50. The minimum atomic E-state index is -4.20. The first-order chi connectivity index (χ1) is 20.9. The molecule has 230 valence electrons. The van der Waals surface area contributed by atoms with Gasteiger partial charge >= 0.3 is 0 Å². The van der Waals surface area contributed by atoms with E-state index in [2.05, 4.69) is 21.2 Å². The maximum atomic E-state index is 14.4. The summed E-state index contributed by atoms with van der Waals surface area (Å²) in [6.07, 6.45) is 0.246. The van der Waals surface area contributed by atoms with Crippen LogP contribution in [0.3, 0.4) is 0 Å². The first-order valence-electron chi connectivity index (χ1n) is 14.2. The van der Waals surface area contributed by atoms with E-state index in [1.54, 1.807) is 18.2 Å². The third kappa shape index (κ3) is 8.71. The van der Waals surface area contributed by atoms with E-state index < -0.39 is 28.5 Å². The van der Waals surface area contributed by atoms with Gasteiger partial charge in [0.25, 0.3) is 10.0 Å². The van der Waals surface area contributed by atoms with Gasteiger partial charge in [-0.1, -0.05) is 82.1 Å². The molecule has 4 aromatic carbocycles. The zero-order chi connectivity index (χ0) is 31.9. The number of halogens is 2. The molecule has 4 rings (SSSR count). The molecule has 0 heterocycles. The van der Waals surface area contributed by atoms with Crippen molar-refractivity contribution in [2.24, 2.45) is 0 Å². The van der Waals surface area contributed by atoms with E-state index >= 15 is 0 Å². The predicted molar refractivity (Wildman–Crippen MR) is 179 cm³/mol. The lowest BCUT2D eigenvalue weighted by molar-refractivity contribution is -0.140. The molecule has 0 saturated carbocycles. The Kier molecular flexibility index (Phi) is 11.2. The van der Waals surface area contributed by atoms with Crippen LogP contribution in [0.1, 0.15) is 30.5 Å². The van der Waals surface area contributed by atoms with Crippen LogP contribution in [0.4, 0.5) is 5.69 Å². The summed E-state index contributed by atoms with van der Waals surface area (Å²) in [4.78, 5) is 29.7. The zero-order valence-corrected chi connectivity index (χ0v) is 27.9. The van der Waals surface area contributed by atoms with Crippen molar-refractivity contribution in [1.82, 2.24) is 10.2 Å². The second kappa shape index (κ2) is 14.9. The van der Waals surface area contributed by atoms with E-state index in [0.29, 0.717) is 10.7 Å². The highest BCUT2D eigenvalue weighted by molar-refractivity contribution is 9.10. The number of anilines is 1. The van der Waals surface area contributed by atoms with Crippen molar-refractivity contribution in [3.8, 4) is 0 Å². The fourth-order valence-electron chi connectivity index (χ4n) is 4.77. The van der Waals surface area contributed by atoms with Crippen molar-refractivity contribution in [2.75, 3.05) is 10.8 Å². The number of hydrogen-bond acceptors (Lipinski definition) is 4. The lowest BCUT2D eigenvalue weighted by Gasteiger charge is -2.34. The van der Waals surface area contributed by atoms with E-state index in [4.69, 9.17) is 11.6 Å². The topological polar surface area (TPSA) is 86.8 Å².